The summed E-state index contributed by atoms with van der Waals surface area (Å²) in [6.45, 7) is 3.89. The minimum atomic E-state index is -1.90. The summed E-state index contributed by atoms with van der Waals surface area (Å²) in [4.78, 5) is 56.0. The standard InChI is InChI=1S/C25H29N3O6/c29-21(27-12-4-1-5-13-27)17-26-14-10-18(11-15-26)16-28-24(32)19-6-2-3-7-20(19)25(28)33-22(30)8-9-23(31)34-25/h2-3,6-9,18H,1,4-5,10-17H2. The Morgan fingerprint density at radius 2 is 1.56 bits per heavy atom. The van der Waals surface area contributed by atoms with Crippen molar-refractivity contribution in [2.24, 2.45) is 5.92 Å². The molecule has 2 amide bonds. The van der Waals surface area contributed by atoms with Crippen molar-refractivity contribution in [2.45, 2.75) is 38.0 Å². The molecule has 4 heterocycles. The Morgan fingerprint density at radius 1 is 0.912 bits per heavy atom. The van der Waals surface area contributed by atoms with Gasteiger partial charge in [0, 0.05) is 31.8 Å². The van der Waals surface area contributed by atoms with Crippen molar-refractivity contribution >= 4 is 23.8 Å². The molecule has 0 N–H and O–H groups in total. The van der Waals surface area contributed by atoms with E-state index in [0.717, 1.165) is 64.0 Å². The van der Waals surface area contributed by atoms with Crippen LogP contribution in [0.2, 0.25) is 0 Å². The Balaban J connectivity index is 1.27. The Morgan fingerprint density at radius 3 is 2.24 bits per heavy atom. The molecule has 0 bridgehead atoms. The second kappa shape index (κ2) is 9.21. The lowest BCUT2D eigenvalue weighted by atomic mass is 9.96. The summed E-state index contributed by atoms with van der Waals surface area (Å²) in [6.07, 6.45) is 6.93. The van der Waals surface area contributed by atoms with E-state index in [1.54, 1.807) is 24.3 Å². The van der Waals surface area contributed by atoms with E-state index in [0.29, 0.717) is 17.7 Å². The molecule has 9 heteroatoms. The number of piperidine rings is 2. The normalized spacial score (nSPS) is 23.0. The van der Waals surface area contributed by atoms with Gasteiger partial charge < -0.3 is 14.4 Å². The van der Waals surface area contributed by atoms with Crippen LogP contribution in [0, 0.1) is 5.92 Å². The van der Waals surface area contributed by atoms with Gasteiger partial charge in [-0.1, -0.05) is 12.1 Å². The number of rotatable bonds is 4. The van der Waals surface area contributed by atoms with Gasteiger partial charge in [0.25, 0.3) is 5.91 Å². The molecule has 1 spiro atoms. The number of hydrogen-bond donors (Lipinski definition) is 0. The van der Waals surface area contributed by atoms with Crippen molar-refractivity contribution < 1.29 is 28.7 Å². The molecule has 9 nitrogen and oxygen atoms in total. The number of likely N-dealkylation sites (tertiary alicyclic amines) is 2. The molecular formula is C25H29N3O6. The maximum Gasteiger partial charge on any atom is 0.375 e. The number of carbonyl (C=O) groups is 4. The molecule has 4 aliphatic heterocycles. The minimum absolute atomic E-state index is 0.116. The first-order valence-corrected chi connectivity index (χ1v) is 12.0. The van der Waals surface area contributed by atoms with Gasteiger partial charge in [0.05, 0.1) is 17.7 Å². The van der Waals surface area contributed by atoms with Gasteiger partial charge in [0.1, 0.15) is 0 Å². The van der Waals surface area contributed by atoms with E-state index in [4.69, 9.17) is 9.47 Å². The van der Waals surface area contributed by atoms with Crippen molar-refractivity contribution in [1.82, 2.24) is 14.7 Å². The highest BCUT2D eigenvalue weighted by Crippen LogP contribution is 2.43. The van der Waals surface area contributed by atoms with Crippen molar-refractivity contribution in [2.75, 3.05) is 39.3 Å². The summed E-state index contributed by atoms with van der Waals surface area (Å²) in [5.74, 6) is -3.41. The SMILES string of the molecule is O=C1C=CC(=O)OC2(O1)c1ccccc1C(=O)N2CC1CCN(CC(=O)N2CCCCC2)CC1. The number of hydrogen-bond acceptors (Lipinski definition) is 7. The van der Waals surface area contributed by atoms with Gasteiger partial charge in [0.2, 0.25) is 5.91 Å². The van der Waals surface area contributed by atoms with Gasteiger partial charge in [0.15, 0.2) is 0 Å². The van der Waals surface area contributed by atoms with E-state index in [9.17, 15) is 19.2 Å². The highest BCUT2D eigenvalue weighted by molar-refractivity contribution is 6.01. The van der Waals surface area contributed by atoms with Crippen LogP contribution in [0.1, 0.15) is 48.0 Å². The summed E-state index contributed by atoms with van der Waals surface area (Å²) in [5.41, 5.74) is 0.713. The van der Waals surface area contributed by atoms with Gasteiger partial charge in [-0.3, -0.25) is 19.4 Å². The van der Waals surface area contributed by atoms with E-state index in [-0.39, 0.29) is 24.3 Å². The highest BCUT2D eigenvalue weighted by atomic mass is 16.8. The summed E-state index contributed by atoms with van der Waals surface area (Å²) in [5, 5.41) is 0. The second-order valence-corrected chi connectivity index (χ2v) is 9.38. The third-order valence-electron chi connectivity index (χ3n) is 7.15. The minimum Gasteiger partial charge on any atom is -0.396 e. The van der Waals surface area contributed by atoms with E-state index in [2.05, 4.69) is 4.90 Å². The summed E-state index contributed by atoms with van der Waals surface area (Å²) in [6, 6.07) is 6.74. The number of nitrogens with zero attached hydrogens (tertiary/aromatic N) is 3. The van der Waals surface area contributed by atoms with Gasteiger partial charge in [-0.15, -0.1) is 0 Å². The number of fused-ring (bicyclic) bond motifs is 2. The first kappa shape index (κ1) is 22.6. The summed E-state index contributed by atoms with van der Waals surface area (Å²) >= 11 is 0. The maximum absolute atomic E-state index is 13.3. The van der Waals surface area contributed by atoms with Crippen LogP contribution in [-0.2, 0) is 29.8 Å². The summed E-state index contributed by atoms with van der Waals surface area (Å²) in [7, 11) is 0. The molecule has 0 saturated carbocycles. The first-order chi connectivity index (χ1) is 16.5. The van der Waals surface area contributed by atoms with Gasteiger partial charge >= 0.3 is 17.8 Å². The molecular weight excluding hydrogens is 438 g/mol. The summed E-state index contributed by atoms with van der Waals surface area (Å²) < 4.78 is 11.2. The first-order valence-electron chi connectivity index (χ1n) is 12.0. The predicted molar refractivity (Wildman–Crippen MR) is 120 cm³/mol. The zero-order valence-corrected chi connectivity index (χ0v) is 19.1. The molecule has 0 unspecified atom stereocenters. The van der Waals surface area contributed by atoms with Crippen LogP contribution in [-0.4, -0.2) is 77.7 Å². The number of esters is 2. The van der Waals surface area contributed by atoms with Crippen LogP contribution in [0.4, 0.5) is 0 Å². The smallest absolute Gasteiger partial charge is 0.375 e. The number of benzene rings is 1. The zero-order valence-electron chi connectivity index (χ0n) is 19.1. The van der Waals surface area contributed by atoms with Crippen molar-refractivity contribution in [1.29, 1.82) is 0 Å². The molecule has 0 atom stereocenters. The van der Waals surface area contributed by atoms with E-state index >= 15 is 0 Å². The molecule has 180 valence electrons. The van der Waals surface area contributed by atoms with E-state index in [1.165, 1.54) is 11.3 Å². The fraction of sp³-hybridized carbons (Fsp3) is 0.520. The average Bonchev–Trinajstić information content (AvgIpc) is 2.96. The Bertz CT molecular complexity index is 1000. The van der Waals surface area contributed by atoms with Crippen molar-refractivity contribution in [3.63, 3.8) is 0 Å². The van der Waals surface area contributed by atoms with Gasteiger partial charge in [-0.25, -0.2) is 9.59 Å². The fourth-order valence-electron chi connectivity index (χ4n) is 5.31. The lowest BCUT2D eigenvalue weighted by molar-refractivity contribution is -0.274. The number of amides is 2. The lowest BCUT2D eigenvalue weighted by Crippen LogP contribution is -2.52. The quantitative estimate of drug-likeness (QED) is 0.621. The van der Waals surface area contributed by atoms with Crippen LogP contribution in [0.25, 0.3) is 0 Å². The molecule has 4 aliphatic rings. The lowest BCUT2D eigenvalue weighted by Gasteiger charge is -2.39. The van der Waals surface area contributed by atoms with Crippen LogP contribution in [0.15, 0.2) is 36.4 Å². The largest absolute Gasteiger partial charge is 0.396 e. The molecule has 1 aromatic carbocycles. The van der Waals surface area contributed by atoms with Crippen molar-refractivity contribution in [3.05, 3.63) is 47.5 Å². The second-order valence-electron chi connectivity index (χ2n) is 9.38. The topological polar surface area (TPSA) is 96.5 Å². The molecule has 2 saturated heterocycles. The molecule has 0 aliphatic carbocycles. The van der Waals surface area contributed by atoms with Gasteiger partial charge in [-0.2, -0.15) is 0 Å². The van der Waals surface area contributed by atoms with E-state index < -0.39 is 17.8 Å². The zero-order chi connectivity index (χ0) is 23.7. The molecule has 5 rings (SSSR count). The third kappa shape index (κ3) is 4.20. The van der Waals surface area contributed by atoms with Gasteiger partial charge in [-0.05, 0) is 63.2 Å². The van der Waals surface area contributed by atoms with Crippen molar-refractivity contribution in [3.8, 4) is 0 Å². The Labute approximate surface area is 198 Å². The molecule has 0 aromatic heterocycles. The highest BCUT2D eigenvalue weighted by Gasteiger charge is 2.57. The van der Waals surface area contributed by atoms with Crippen LogP contribution in [0.5, 0.6) is 0 Å². The van der Waals surface area contributed by atoms with Crippen LogP contribution < -0.4 is 0 Å². The van der Waals surface area contributed by atoms with Crippen LogP contribution >= 0.6 is 0 Å². The van der Waals surface area contributed by atoms with E-state index in [1.807, 2.05) is 4.90 Å². The number of ether oxygens (including phenoxy) is 2. The molecule has 1 aromatic rings. The molecule has 2 fully saturated rings. The maximum atomic E-state index is 13.3. The predicted octanol–water partition coefficient (Wildman–Crippen LogP) is 1.63. The molecule has 34 heavy (non-hydrogen) atoms. The average molecular weight is 468 g/mol. The Kier molecular flexibility index (Phi) is 6.12. The third-order valence-corrected chi connectivity index (χ3v) is 7.15. The number of carbonyl (C=O) groups excluding carboxylic acids is 4. The fourth-order valence-corrected chi connectivity index (χ4v) is 5.31. The Hall–Kier alpha value is -3.20. The molecule has 0 radical (unpaired) electrons. The monoisotopic (exact) mass is 467 g/mol. The van der Waals surface area contributed by atoms with Crippen LogP contribution in [0.3, 0.4) is 0 Å².